The van der Waals surface area contributed by atoms with Gasteiger partial charge in [0, 0.05) is 14.1 Å². The Balaban J connectivity index is 2.23. The third kappa shape index (κ3) is 2.21. The van der Waals surface area contributed by atoms with Crippen LogP contribution >= 0.6 is 11.6 Å². The fourth-order valence-electron chi connectivity index (χ4n) is 3.19. The molecule has 0 saturated carbocycles. The van der Waals surface area contributed by atoms with Gasteiger partial charge >= 0.3 is 0 Å². The summed E-state index contributed by atoms with van der Waals surface area (Å²) in [5.41, 5.74) is 4.43. The summed E-state index contributed by atoms with van der Waals surface area (Å²) in [4.78, 5) is 23.6. The lowest BCUT2D eigenvalue weighted by molar-refractivity contribution is -0.141. The highest BCUT2D eigenvalue weighted by molar-refractivity contribution is 6.47. The normalized spacial score (nSPS) is 16.9. The molecule has 2 aromatic carbocycles. The van der Waals surface area contributed by atoms with E-state index in [4.69, 9.17) is 11.6 Å². The number of hydrogen-bond acceptors (Lipinski definition) is 2. The number of hydrazine groups is 1. The minimum absolute atomic E-state index is 0.428. The molecule has 1 heterocycles. The van der Waals surface area contributed by atoms with Crippen LogP contribution in [0.2, 0.25) is 0 Å². The van der Waals surface area contributed by atoms with E-state index in [1.165, 1.54) is 10.0 Å². The Labute approximate surface area is 146 Å². The summed E-state index contributed by atoms with van der Waals surface area (Å²) >= 11 is 6.62. The maximum atomic E-state index is 12.7. The number of benzene rings is 2. The first-order valence-corrected chi connectivity index (χ1v) is 8.08. The van der Waals surface area contributed by atoms with Crippen LogP contribution in [0.15, 0.2) is 42.5 Å². The summed E-state index contributed by atoms with van der Waals surface area (Å²) in [6, 6.07) is 13.7. The monoisotopic (exact) mass is 342 g/mol. The van der Waals surface area contributed by atoms with E-state index in [1.54, 1.807) is 14.1 Å². The van der Waals surface area contributed by atoms with Crippen LogP contribution in [0.1, 0.15) is 16.7 Å². The molecule has 2 amide bonds. The molecule has 0 bridgehead atoms. The van der Waals surface area contributed by atoms with Crippen molar-refractivity contribution in [1.29, 1.82) is 0 Å². The fourth-order valence-corrected chi connectivity index (χ4v) is 3.64. The number of halogens is 1. The Bertz CT molecular complexity index is 813. The molecule has 1 saturated heterocycles. The zero-order valence-corrected chi connectivity index (χ0v) is 14.9. The minimum atomic E-state index is -1.70. The summed E-state index contributed by atoms with van der Waals surface area (Å²) in [5.74, 6) is -0.856. The first-order chi connectivity index (χ1) is 11.3. The molecule has 0 spiro atoms. The Morgan fingerprint density at radius 2 is 1.42 bits per heavy atom. The van der Waals surface area contributed by atoms with Crippen molar-refractivity contribution in [3.8, 4) is 11.1 Å². The van der Waals surface area contributed by atoms with E-state index in [2.05, 4.69) is 0 Å². The summed E-state index contributed by atoms with van der Waals surface area (Å²) in [6.45, 7) is 3.89. The van der Waals surface area contributed by atoms with Gasteiger partial charge in [0.05, 0.1) is 0 Å². The van der Waals surface area contributed by atoms with E-state index < -0.39 is 16.7 Å². The van der Waals surface area contributed by atoms with Crippen molar-refractivity contribution in [2.45, 2.75) is 18.7 Å². The molecule has 0 N–H and O–H groups in total. The first kappa shape index (κ1) is 16.5. The lowest BCUT2D eigenvalue weighted by atomic mass is 9.87. The van der Waals surface area contributed by atoms with Gasteiger partial charge in [-0.15, -0.1) is 0 Å². The van der Waals surface area contributed by atoms with Gasteiger partial charge in [0.1, 0.15) is 0 Å². The molecule has 1 aliphatic rings. The van der Waals surface area contributed by atoms with Gasteiger partial charge in [-0.1, -0.05) is 48.0 Å². The SMILES string of the molecule is Cc1cc(C)c(C2(Cl)C(=O)N(C)N(C)C2=O)cc1-c1ccccc1. The van der Waals surface area contributed by atoms with Gasteiger partial charge in [0.2, 0.25) is 4.87 Å². The molecule has 0 atom stereocenters. The third-order valence-corrected chi connectivity index (χ3v) is 5.18. The highest BCUT2D eigenvalue weighted by Crippen LogP contribution is 2.42. The van der Waals surface area contributed by atoms with Gasteiger partial charge in [0.15, 0.2) is 0 Å². The van der Waals surface area contributed by atoms with Gasteiger partial charge in [0.25, 0.3) is 11.8 Å². The molecule has 124 valence electrons. The Morgan fingerprint density at radius 3 is 1.96 bits per heavy atom. The lowest BCUT2D eigenvalue weighted by Gasteiger charge is -2.21. The largest absolute Gasteiger partial charge is 0.276 e. The summed E-state index contributed by atoms with van der Waals surface area (Å²) in [5, 5.41) is 2.52. The smallest absolute Gasteiger partial charge is 0.270 e. The number of rotatable bonds is 2. The van der Waals surface area contributed by atoms with Crippen LogP contribution in [0.5, 0.6) is 0 Å². The minimum Gasteiger partial charge on any atom is -0.270 e. The second kappa shape index (κ2) is 5.64. The van der Waals surface area contributed by atoms with Crippen LogP contribution in [0.25, 0.3) is 11.1 Å². The van der Waals surface area contributed by atoms with Crippen molar-refractivity contribution in [2.75, 3.05) is 14.1 Å². The summed E-state index contributed by atoms with van der Waals surface area (Å²) < 4.78 is 0. The quantitative estimate of drug-likeness (QED) is 0.621. The molecule has 3 rings (SSSR count). The highest BCUT2D eigenvalue weighted by atomic mass is 35.5. The average molecular weight is 343 g/mol. The van der Waals surface area contributed by atoms with Crippen molar-refractivity contribution in [1.82, 2.24) is 10.0 Å². The number of carbonyl (C=O) groups excluding carboxylic acids is 2. The fraction of sp³-hybridized carbons (Fsp3) is 0.263. The number of amides is 2. The van der Waals surface area contributed by atoms with E-state index in [0.29, 0.717) is 5.56 Å². The Morgan fingerprint density at radius 1 is 0.875 bits per heavy atom. The van der Waals surface area contributed by atoms with E-state index in [1.807, 2.05) is 56.3 Å². The zero-order chi connectivity index (χ0) is 17.6. The topological polar surface area (TPSA) is 40.6 Å². The number of hydrogen-bond donors (Lipinski definition) is 0. The molecule has 1 fully saturated rings. The lowest BCUT2D eigenvalue weighted by Crippen LogP contribution is -2.35. The maximum absolute atomic E-state index is 12.7. The molecule has 0 radical (unpaired) electrons. The van der Waals surface area contributed by atoms with E-state index in [0.717, 1.165) is 22.3 Å². The van der Waals surface area contributed by atoms with Crippen molar-refractivity contribution in [2.24, 2.45) is 0 Å². The zero-order valence-electron chi connectivity index (χ0n) is 14.1. The Hall–Kier alpha value is -2.33. The van der Waals surface area contributed by atoms with Crippen molar-refractivity contribution in [3.63, 3.8) is 0 Å². The summed E-state index contributed by atoms with van der Waals surface area (Å²) in [7, 11) is 3.10. The van der Waals surface area contributed by atoms with Gasteiger partial charge in [-0.3, -0.25) is 19.6 Å². The van der Waals surface area contributed by atoms with Crippen LogP contribution in [0.3, 0.4) is 0 Å². The molecule has 4 nitrogen and oxygen atoms in total. The molecule has 2 aromatic rings. The van der Waals surface area contributed by atoms with Gasteiger partial charge < -0.3 is 0 Å². The number of alkyl halides is 1. The van der Waals surface area contributed by atoms with Gasteiger partial charge in [-0.05, 0) is 47.7 Å². The molecule has 0 aliphatic carbocycles. The predicted octanol–water partition coefficient (Wildman–Crippen LogP) is 3.25. The first-order valence-electron chi connectivity index (χ1n) is 7.70. The van der Waals surface area contributed by atoms with E-state index >= 15 is 0 Å². The van der Waals surface area contributed by atoms with Crippen LogP contribution in [-0.2, 0) is 14.5 Å². The maximum Gasteiger partial charge on any atom is 0.276 e. The number of likely N-dealkylation sites (N-methyl/N-ethyl adjacent to an activating group) is 2. The van der Waals surface area contributed by atoms with Gasteiger partial charge in [-0.2, -0.15) is 0 Å². The van der Waals surface area contributed by atoms with Crippen molar-refractivity contribution < 1.29 is 9.59 Å². The molecule has 5 heteroatoms. The van der Waals surface area contributed by atoms with E-state index in [9.17, 15) is 9.59 Å². The number of nitrogens with zero attached hydrogens (tertiary/aromatic N) is 2. The number of carbonyl (C=O) groups is 2. The van der Waals surface area contributed by atoms with E-state index in [-0.39, 0.29) is 0 Å². The van der Waals surface area contributed by atoms with Crippen molar-refractivity contribution >= 4 is 23.4 Å². The van der Waals surface area contributed by atoms with Crippen LogP contribution in [-0.4, -0.2) is 35.9 Å². The molecule has 24 heavy (non-hydrogen) atoms. The molecule has 0 unspecified atom stereocenters. The second-order valence-corrected chi connectivity index (χ2v) is 6.73. The highest BCUT2D eigenvalue weighted by Gasteiger charge is 2.57. The standard InChI is InChI=1S/C19H19ClN2O2/c1-12-10-13(2)16(11-15(12)14-8-6-5-7-9-14)19(20)17(23)21(3)22(4)18(19)24/h5-11H,1-4H3. The third-order valence-electron chi connectivity index (χ3n) is 4.65. The Kier molecular flexibility index (Phi) is 3.88. The van der Waals surface area contributed by atoms with Crippen LogP contribution in [0.4, 0.5) is 0 Å². The molecule has 1 aliphatic heterocycles. The molecular weight excluding hydrogens is 324 g/mol. The molecule has 0 aromatic heterocycles. The van der Waals surface area contributed by atoms with Crippen molar-refractivity contribution in [3.05, 3.63) is 59.2 Å². The molecular formula is C19H19ClN2O2. The average Bonchev–Trinajstić information content (AvgIpc) is 2.72. The van der Waals surface area contributed by atoms with Crippen LogP contribution in [0, 0.1) is 13.8 Å². The van der Waals surface area contributed by atoms with Crippen LogP contribution < -0.4 is 0 Å². The summed E-state index contributed by atoms with van der Waals surface area (Å²) in [6.07, 6.45) is 0. The number of aryl methyl sites for hydroxylation is 2. The second-order valence-electron chi connectivity index (χ2n) is 6.16. The van der Waals surface area contributed by atoms with Gasteiger partial charge in [-0.25, -0.2) is 0 Å². The predicted molar refractivity (Wildman–Crippen MR) is 94.4 cm³/mol.